The van der Waals surface area contributed by atoms with Crippen LogP contribution in [-0.4, -0.2) is 0 Å². The minimum atomic E-state index is 0.237. The SMILES string of the molecule is C#C.C#CC(C)c1ccccc1. The van der Waals surface area contributed by atoms with Crippen LogP contribution in [0.4, 0.5) is 0 Å². The van der Waals surface area contributed by atoms with Crippen LogP contribution in [0.1, 0.15) is 18.4 Å². The first kappa shape index (κ1) is 10.3. The summed E-state index contributed by atoms with van der Waals surface area (Å²) in [6, 6.07) is 10.1. The molecule has 0 saturated carbocycles. The molecule has 0 spiro atoms. The van der Waals surface area contributed by atoms with Crippen LogP contribution in [0.25, 0.3) is 0 Å². The average Bonchev–Trinajstić information content (AvgIpc) is 2.21. The van der Waals surface area contributed by atoms with Gasteiger partial charge >= 0.3 is 0 Å². The Bertz CT molecular complexity index is 261. The molecule has 0 radical (unpaired) electrons. The second-order valence-corrected chi connectivity index (χ2v) is 2.30. The van der Waals surface area contributed by atoms with Gasteiger partial charge in [-0.3, -0.25) is 0 Å². The van der Waals surface area contributed by atoms with E-state index < -0.39 is 0 Å². The van der Waals surface area contributed by atoms with Crippen molar-refractivity contribution in [3.8, 4) is 25.2 Å². The molecular weight excluding hydrogens is 144 g/mol. The van der Waals surface area contributed by atoms with E-state index in [0.29, 0.717) is 0 Å². The molecule has 0 saturated heterocycles. The van der Waals surface area contributed by atoms with E-state index in [4.69, 9.17) is 6.42 Å². The number of benzene rings is 1. The Balaban J connectivity index is 0.000000561. The third-order valence-corrected chi connectivity index (χ3v) is 1.55. The first-order chi connectivity index (χ1) is 5.84. The van der Waals surface area contributed by atoms with Crippen molar-refractivity contribution in [2.45, 2.75) is 12.8 Å². The van der Waals surface area contributed by atoms with Gasteiger partial charge in [0, 0.05) is 5.92 Å². The van der Waals surface area contributed by atoms with Crippen molar-refractivity contribution in [2.24, 2.45) is 0 Å². The molecule has 0 nitrogen and oxygen atoms in total. The lowest BCUT2D eigenvalue weighted by Gasteiger charge is -2.01. The van der Waals surface area contributed by atoms with Gasteiger partial charge in [0.2, 0.25) is 0 Å². The topological polar surface area (TPSA) is 0 Å². The molecule has 1 rings (SSSR count). The minimum absolute atomic E-state index is 0.237. The van der Waals surface area contributed by atoms with E-state index in [1.165, 1.54) is 5.56 Å². The number of hydrogen-bond acceptors (Lipinski definition) is 0. The first-order valence-corrected chi connectivity index (χ1v) is 3.69. The normalized spacial score (nSPS) is 10.2. The van der Waals surface area contributed by atoms with Gasteiger partial charge in [-0.05, 0) is 12.5 Å². The van der Waals surface area contributed by atoms with Crippen molar-refractivity contribution in [3.05, 3.63) is 35.9 Å². The number of rotatable bonds is 1. The highest BCUT2D eigenvalue weighted by atomic mass is 14.0. The molecule has 0 aromatic heterocycles. The number of hydrogen-bond donors (Lipinski definition) is 0. The molecule has 1 aromatic carbocycles. The second-order valence-electron chi connectivity index (χ2n) is 2.30. The lowest BCUT2D eigenvalue weighted by Crippen LogP contribution is -1.86. The molecule has 0 amide bonds. The molecule has 12 heavy (non-hydrogen) atoms. The summed E-state index contributed by atoms with van der Waals surface area (Å²) in [5.74, 6) is 2.92. The summed E-state index contributed by atoms with van der Waals surface area (Å²) in [6.45, 7) is 2.02. The molecule has 1 aromatic rings. The van der Waals surface area contributed by atoms with Crippen LogP contribution >= 0.6 is 0 Å². The molecule has 0 aliphatic heterocycles. The Morgan fingerprint density at radius 1 is 1.17 bits per heavy atom. The van der Waals surface area contributed by atoms with E-state index in [1.54, 1.807) is 0 Å². The summed E-state index contributed by atoms with van der Waals surface area (Å²) in [4.78, 5) is 0. The fraction of sp³-hybridized carbons (Fsp3) is 0.167. The van der Waals surface area contributed by atoms with E-state index in [9.17, 15) is 0 Å². The molecule has 1 unspecified atom stereocenters. The molecule has 0 bridgehead atoms. The van der Waals surface area contributed by atoms with Crippen LogP contribution in [0.2, 0.25) is 0 Å². The first-order valence-electron chi connectivity index (χ1n) is 3.69. The van der Waals surface area contributed by atoms with Crippen LogP contribution in [0.3, 0.4) is 0 Å². The monoisotopic (exact) mass is 156 g/mol. The van der Waals surface area contributed by atoms with Gasteiger partial charge in [-0.15, -0.1) is 19.3 Å². The van der Waals surface area contributed by atoms with Crippen LogP contribution < -0.4 is 0 Å². The Morgan fingerprint density at radius 3 is 2.08 bits per heavy atom. The molecule has 0 N–H and O–H groups in total. The lowest BCUT2D eigenvalue weighted by molar-refractivity contribution is 1.01. The highest BCUT2D eigenvalue weighted by Gasteiger charge is 1.96. The minimum Gasteiger partial charge on any atom is -0.124 e. The maximum atomic E-state index is 5.25. The zero-order valence-corrected chi connectivity index (χ0v) is 7.20. The standard InChI is InChI=1S/C10H10.C2H2/c1-3-9(2)10-7-5-4-6-8-10;1-2/h1,4-9H,2H3;1-2H. The van der Waals surface area contributed by atoms with Crippen molar-refractivity contribution < 1.29 is 0 Å². The van der Waals surface area contributed by atoms with Crippen LogP contribution in [-0.2, 0) is 0 Å². The van der Waals surface area contributed by atoms with Gasteiger partial charge in [0.1, 0.15) is 0 Å². The van der Waals surface area contributed by atoms with Gasteiger partial charge in [-0.2, -0.15) is 0 Å². The Morgan fingerprint density at radius 2 is 1.67 bits per heavy atom. The van der Waals surface area contributed by atoms with E-state index in [0.717, 1.165) is 0 Å². The van der Waals surface area contributed by atoms with Gasteiger partial charge in [0.05, 0.1) is 0 Å². The molecule has 0 fully saturated rings. The van der Waals surface area contributed by atoms with E-state index in [2.05, 4.69) is 18.8 Å². The molecule has 0 heteroatoms. The highest BCUT2D eigenvalue weighted by Crippen LogP contribution is 2.11. The maximum absolute atomic E-state index is 5.25. The third kappa shape index (κ3) is 2.95. The maximum Gasteiger partial charge on any atom is 0.0421 e. The van der Waals surface area contributed by atoms with Crippen molar-refractivity contribution in [2.75, 3.05) is 0 Å². The van der Waals surface area contributed by atoms with Crippen molar-refractivity contribution in [1.29, 1.82) is 0 Å². The summed E-state index contributed by atoms with van der Waals surface area (Å²) < 4.78 is 0. The zero-order chi connectivity index (χ0) is 9.40. The van der Waals surface area contributed by atoms with Crippen molar-refractivity contribution in [1.82, 2.24) is 0 Å². The molecule has 1 atom stereocenters. The quantitative estimate of drug-likeness (QED) is 0.548. The van der Waals surface area contributed by atoms with E-state index in [1.807, 2.05) is 37.3 Å². The van der Waals surface area contributed by atoms with Gasteiger partial charge in [0.15, 0.2) is 0 Å². The van der Waals surface area contributed by atoms with Crippen molar-refractivity contribution in [3.63, 3.8) is 0 Å². The molecule has 60 valence electrons. The summed E-state index contributed by atoms with van der Waals surface area (Å²) in [5, 5.41) is 0. The lowest BCUT2D eigenvalue weighted by atomic mass is 10.0. The molecular formula is C12H12. The summed E-state index contributed by atoms with van der Waals surface area (Å²) >= 11 is 0. The van der Waals surface area contributed by atoms with Crippen molar-refractivity contribution >= 4 is 0 Å². The summed E-state index contributed by atoms with van der Waals surface area (Å²) in [5.41, 5.74) is 1.21. The average molecular weight is 156 g/mol. The Kier molecular flexibility index (Phi) is 5.24. The zero-order valence-electron chi connectivity index (χ0n) is 7.20. The summed E-state index contributed by atoms with van der Waals surface area (Å²) in [6.07, 6.45) is 13.3. The third-order valence-electron chi connectivity index (χ3n) is 1.55. The fourth-order valence-corrected chi connectivity index (χ4v) is 0.838. The smallest absolute Gasteiger partial charge is 0.0421 e. The molecule has 0 heterocycles. The Labute approximate surface area is 74.6 Å². The van der Waals surface area contributed by atoms with Gasteiger partial charge in [0.25, 0.3) is 0 Å². The summed E-state index contributed by atoms with van der Waals surface area (Å²) in [7, 11) is 0. The predicted molar refractivity (Wildman–Crippen MR) is 53.6 cm³/mol. The molecule has 0 aliphatic carbocycles. The Hall–Kier alpha value is -1.66. The van der Waals surface area contributed by atoms with Crippen LogP contribution in [0.15, 0.2) is 30.3 Å². The highest BCUT2D eigenvalue weighted by molar-refractivity contribution is 5.24. The second kappa shape index (κ2) is 6.08. The predicted octanol–water partition coefficient (Wildman–Crippen LogP) is 2.67. The van der Waals surface area contributed by atoms with Gasteiger partial charge in [-0.1, -0.05) is 36.3 Å². The fourth-order valence-electron chi connectivity index (χ4n) is 0.838. The van der Waals surface area contributed by atoms with Gasteiger partial charge < -0.3 is 0 Å². The number of terminal acetylenes is 2. The van der Waals surface area contributed by atoms with E-state index in [-0.39, 0.29) is 5.92 Å². The van der Waals surface area contributed by atoms with Crippen LogP contribution in [0, 0.1) is 25.2 Å². The van der Waals surface area contributed by atoms with Crippen LogP contribution in [0.5, 0.6) is 0 Å². The van der Waals surface area contributed by atoms with Gasteiger partial charge in [-0.25, -0.2) is 0 Å². The molecule has 0 aliphatic rings. The largest absolute Gasteiger partial charge is 0.124 e. The van der Waals surface area contributed by atoms with E-state index >= 15 is 0 Å².